The molecule has 1 fully saturated rings. The molecule has 1 saturated heterocycles. The van der Waals surface area contributed by atoms with Crippen LogP contribution in [0, 0.1) is 10.1 Å². The van der Waals surface area contributed by atoms with Gasteiger partial charge in [-0.15, -0.1) is 0 Å². The molecule has 10 heteroatoms. The Morgan fingerprint density at radius 1 is 1.19 bits per heavy atom. The fourth-order valence-corrected chi connectivity index (χ4v) is 3.62. The molecule has 0 spiro atoms. The zero-order chi connectivity index (χ0) is 19.6. The summed E-state index contributed by atoms with van der Waals surface area (Å²) in [7, 11) is 0. The summed E-state index contributed by atoms with van der Waals surface area (Å²) < 4.78 is 1.11. The number of thioether (sulfide) groups is 1. The minimum atomic E-state index is -0.592. The van der Waals surface area contributed by atoms with Crippen molar-refractivity contribution < 1.29 is 14.5 Å². The largest absolute Gasteiger partial charge is 0.285 e. The third-order valence-electron chi connectivity index (χ3n) is 3.52. The lowest BCUT2D eigenvalue weighted by Crippen LogP contribution is -2.44. The minimum Gasteiger partial charge on any atom is -0.267 e. The van der Waals surface area contributed by atoms with E-state index < -0.39 is 16.7 Å². The number of nitro benzene ring substituents is 1. The third kappa shape index (κ3) is 4.41. The average Bonchev–Trinajstić information content (AvgIpc) is 2.91. The topological polar surface area (TPSA) is 92.6 Å². The summed E-state index contributed by atoms with van der Waals surface area (Å²) in [5, 5.41) is 11.7. The molecule has 1 N–H and O–H groups in total. The van der Waals surface area contributed by atoms with Gasteiger partial charge >= 0.3 is 0 Å². The number of halogens is 1. The normalized spacial score (nSPS) is 15.3. The second-order valence-electron chi connectivity index (χ2n) is 5.31. The van der Waals surface area contributed by atoms with Gasteiger partial charge in [0.25, 0.3) is 17.5 Å². The SMILES string of the molecule is O=C(NN1C(=O)/C(=C/c2ccc(Br)cc2)SC1=S)c1ccc([N+](=O)[O-])cc1. The molecule has 0 aromatic heterocycles. The predicted octanol–water partition coefficient (Wildman–Crippen LogP) is 3.90. The first-order valence-electron chi connectivity index (χ1n) is 7.44. The molecule has 7 nitrogen and oxygen atoms in total. The summed E-state index contributed by atoms with van der Waals surface area (Å²) in [6.07, 6.45) is 1.68. The number of nitro groups is 1. The van der Waals surface area contributed by atoms with Crippen molar-refractivity contribution >= 4 is 67.8 Å². The van der Waals surface area contributed by atoms with E-state index in [4.69, 9.17) is 12.2 Å². The molecule has 1 aliphatic rings. The molecule has 2 amide bonds. The lowest BCUT2D eigenvalue weighted by molar-refractivity contribution is -0.384. The highest BCUT2D eigenvalue weighted by Crippen LogP contribution is 2.31. The van der Waals surface area contributed by atoms with Crippen LogP contribution in [0.1, 0.15) is 15.9 Å². The first-order valence-corrected chi connectivity index (χ1v) is 9.46. The molecule has 27 heavy (non-hydrogen) atoms. The Hall–Kier alpha value is -2.56. The van der Waals surface area contributed by atoms with Crippen LogP contribution in [-0.2, 0) is 4.79 Å². The second-order valence-corrected chi connectivity index (χ2v) is 7.91. The van der Waals surface area contributed by atoms with Crippen molar-refractivity contribution in [1.82, 2.24) is 10.4 Å². The maximum absolute atomic E-state index is 12.5. The number of thiocarbonyl (C=S) groups is 1. The minimum absolute atomic E-state index is 0.130. The Labute approximate surface area is 171 Å². The maximum Gasteiger partial charge on any atom is 0.285 e. The monoisotopic (exact) mass is 463 g/mol. The van der Waals surface area contributed by atoms with Gasteiger partial charge in [-0.25, -0.2) is 0 Å². The first-order chi connectivity index (χ1) is 12.8. The number of benzene rings is 2. The van der Waals surface area contributed by atoms with Gasteiger partial charge in [-0.3, -0.25) is 25.1 Å². The van der Waals surface area contributed by atoms with Crippen molar-refractivity contribution in [1.29, 1.82) is 0 Å². The quantitative estimate of drug-likeness (QED) is 0.319. The number of amides is 2. The first kappa shape index (κ1) is 19.2. The third-order valence-corrected chi connectivity index (χ3v) is 5.35. The molecule has 2 aromatic carbocycles. The summed E-state index contributed by atoms with van der Waals surface area (Å²) in [5.41, 5.74) is 3.30. The zero-order valence-corrected chi connectivity index (χ0v) is 16.6. The van der Waals surface area contributed by atoms with Gasteiger partial charge in [0.2, 0.25) is 0 Å². The number of rotatable bonds is 4. The van der Waals surface area contributed by atoms with E-state index >= 15 is 0 Å². The Kier molecular flexibility index (Phi) is 5.68. The second kappa shape index (κ2) is 7.99. The molecule has 1 aliphatic heterocycles. The molecular weight excluding hydrogens is 454 g/mol. The number of hydrogen-bond donors (Lipinski definition) is 1. The van der Waals surface area contributed by atoms with Crippen molar-refractivity contribution in [3.8, 4) is 0 Å². The number of nitrogens with zero attached hydrogens (tertiary/aromatic N) is 2. The summed E-state index contributed by atoms with van der Waals surface area (Å²) >= 11 is 9.59. The van der Waals surface area contributed by atoms with Gasteiger partial charge in [-0.1, -0.05) is 39.8 Å². The zero-order valence-electron chi connectivity index (χ0n) is 13.4. The van der Waals surface area contributed by atoms with Gasteiger partial charge in [0.15, 0.2) is 4.32 Å². The van der Waals surface area contributed by atoms with Gasteiger partial charge in [0.05, 0.1) is 9.83 Å². The molecule has 0 radical (unpaired) electrons. The van der Waals surface area contributed by atoms with E-state index in [1.54, 1.807) is 6.08 Å². The van der Waals surface area contributed by atoms with Gasteiger partial charge < -0.3 is 0 Å². The van der Waals surface area contributed by atoms with Gasteiger partial charge in [0, 0.05) is 22.2 Å². The van der Waals surface area contributed by atoms with Crippen molar-refractivity contribution in [2.45, 2.75) is 0 Å². The van der Waals surface area contributed by atoms with Crippen molar-refractivity contribution in [2.24, 2.45) is 0 Å². The highest BCUT2D eigenvalue weighted by atomic mass is 79.9. The lowest BCUT2D eigenvalue weighted by Gasteiger charge is -2.15. The summed E-state index contributed by atoms with van der Waals surface area (Å²) in [4.78, 5) is 35.3. The standard InChI is InChI=1S/C17H10BrN3O4S2/c18-12-5-1-10(2-6-12)9-14-16(23)20(17(26)27-14)19-15(22)11-3-7-13(8-4-11)21(24)25/h1-9H,(H,19,22)/b14-9-. The summed E-state index contributed by atoms with van der Waals surface area (Å²) in [6, 6.07) is 12.4. The van der Waals surface area contributed by atoms with Crippen LogP contribution in [0.15, 0.2) is 57.9 Å². The van der Waals surface area contributed by atoms with E-state index in [1.165, 1.54) is 24.3 Å². The highest BCUT2D eigenvalue weighted by molar-refractivity contribution is 9.10. The number of carbonyl (C=O) groups excluding carboxylic acids is 2. The maximum atomic E-state index is 12.5. The van der Waals surface area contributed by atoms with Crippen LogP contribution in [0.3, 0.4) is 0 Å². The van der Waals surface area contributed by atoms with Gasteiger partial charge in [-0.2, -0.15) is 5.01 Å². The van der Waals surface area contributed by atoms with E-state index in [9.17, 15) is 19.7 Å². The van der Waals surface area contributed by atoms with Crippen LogP contribution >= 0.6 is 39.9 Å². The summed E-state index contributed by atoms with van der Waals surface area (Å²) in [6.45, 7) is 0. The van der Waals surface area contributed by atoms with E-state index in [2.05, 4.69) is 21.4 Å². The lowest BCUT2D eigenvalue weighted by atomic mass is 10.2. The molecular formula is C17H10BrN3O4S2. The van der Waals surface area contributed by atoms with Gasteiger partial charge in [0.1, 0.15) is 0 Å². The van der Waals surface area contributed by atoms with Gasteiger partial charge in [-0.05, 0) is 48.1 Å². The molecule has 0 unspecified atom stereocenters. The Morgan fingerprint density at radius 3 is 2.41 bits per heavy atom. The number of hydrogen-bond acceptors (Lipinski definition) is 6. The fourth-order valence-electron chi connectivity index (χ4n) is 2.18. The summed E-state index contributed by atoms with van der Waals surface area (Å²) in [5.74, 6) is -1.03. The number of hydrazine groups is 1. The Morgan fingerprint density at radius 2 is 1.81 bits per heavy atom. The molecule has 2 aromatic rings. The highest BCUT2D eigenvalue weighted by Gasteiger charge is 2.33. The van der Waals surface area contributed by atoms with Crippen molar-refractivity contribution in [2.75, 3.05) is 0 Å². The van der Waals surface area contributed by atoms with E-state index in [1.807, 2.05) is 24.3 Å². The average molecular weight is 464 g/mol. The van der Waals surface area contributed by atoms with E-state index in [-0.39, 0.29) is 15.6 Å². The number of nitrogens with one attached hydrogen (secondary N) is 1. The number of carbonyl (C=O) groups is 2. The Bertz CT molecular complexity index is 975. The van der Waals surface area contributed by atoms with Crippen LogP contribution in [0.25, 0.3) is 6.08 Å². The fraction of sp³-hybridized carbons (Fsp3) is 0. The van der Waals surface area contributed by atoms with Crippen molar-refractivity contribution in [3.63, 3.8) is 0 Å². The van der Waals surface area contributed by atoms with Crippen LogP contribution in [0.2, 0.25) is 0 Å². The molecule has 0 bridgehead atoms. The van der Waals surface area contributed by atoms with Crippen LogP contribution in [0.5, 0.6) is 0 Å². The Balaban J connectivity index is 1.74. The predicted molar refractivity (Wildman–Crippen MR) is 110 cm³/mol. The molecule has 3 rings (SSSR count). The van der Waals surface area contributed by atoms with E-state index in [0.717, 1.165) is 26.8 Å². The van der Waals surface area contributed by atoms with E-state index in [0.29, 0.717) is 4.91 Å². The van der Waals surface area contributed by atoms with Crippen molar-refractivity contribution in [3.05, 3.63) is 79.2 Å². The smallest absolute Gasteiger partial charge is 0.267 e. The molecule has 0 aliphatic carbocycles. The molecule has 136 valence electrons. The van der Waals surface area contributed by atoms with Crippen LogP contribution in [0.4, 0.5) is 5.69 Å². The van der Waals surface area contributed by atoms with Crippen LogP contribution in [-0.4, -0.2) is 26.1 Å². The number of non-ortho nitro benzene ring substituents is 1. The molecule has 0 atom stereocenters. The molecule has 0 saturated carbocycles. The van der Waals surface area contributed by atoms with Crippen LogP contribution < -0.4 is 5.43 Å². The molecule has 1 heterocycles.